The molecule has 0 unspecified atom stereocenters. The highest BCUT2D eigenvalue weighted by Gasteiger charge is 2.24. The van der Waals surface area contributed by atoms with Crippen LogP contribution in [0.1, 0.15) is 40.9 Å². The van der Waals surface area contributed by atoms with Crippen molar-refractivity contribution in [2.45, 2.75) is 39.8 Å². The first kappa shape index (κ1) is 22.4. The number of anilines is 1. The maximum Gasteiger partial charge on any atom is 0.280 e. The molecule has 1 amide bonds. The molecule has 0 fully saturated rings. The van der Waals surface area contributed by atoms with Gasteiger partial charge in [0.15, 0.2) is 11.5 Å². The lowest BCUT2D eigenvalue weighted by Gasteiger charge is -2.08. The smallest absolute Gasteiger partial charge is 0.280 e. The largest absolute Gasteiger partial charge is 0.308 e. The highest BCUT2D eigenvalue weighted by atomic mass is 19.3. The zero-order valence-electron chi connectivity index (χ0n) is 17.8. The number of hydrogen-bond donors (Lipinski definition) is 1. The summed E-state index contributed by atoms with van der Waals surface area (Å²) in [5.41, 5.74) is 0.771. The van der Waals surface area contributed by atoms with Gasteiger partial charge in [0.05, 0.1) is 17.6 Å². The minimum absolute atomic E-state index is 0.0374. The van der Waals surface area contributed by atoms with Crippen LogP contribution in [-0.4, -0.2) is 30.5 Å². The normalized spacial score (nSPS) is 11.6. The fourth-order valence-electron chi connectivity index (χ4n) is 3.52. The molecular weight excluding hydrogens is 440 g/mol. The summed E-state index contributed by atoms with van der Waals surface area (Å²) in [6.07, 6.45) is -4.33. The van der Waals surface area contributed by atoms with Crippen molar-refractivity contribution in [3.63, 3.8) is 0 Å². The van der Waals surface area contributed by atoms with E-state index in [1.54, 1.807) is 16.9 Å². The fourth-order valence-corrected chi connectivity index (χ4v) is 3.52. The molecule has 1 N–H and O–H groups in total. The maximum atomic E-state index is 13.5. The van der Waals surface area contributed by atoms with Crippen LogP contribution in [0.15, 0.2) is 42.6 Å². The molecule has 0 spiro atoms. The van der Waals surface area contributed by atoms with Crippen molar-refractivity contribution in [1.82, 2.24) is 24.5 Å². The molecule has 0 aliphatic carbocycles. The highest BCUT2D eigenvalue weighted by Crippen LogP contribution is 2.32. The molecule has 172 valence electrons. The number of nitrogens with zero attached hydrogens (tertiary/aromatic N) is 5. The van der Waals surface area contributed by atoms with Gasteiger partial charge in [-0.3, -0.25) is 9.48 Å². The number of benzene rings is 1. The third-order valence-electron chi connectivity index (χ3n) is 5.05. The van der Waals surface area contributed by atoms with Crippen molar-refractivity contribution in [1.29, 1.82) is 0 Å². The minimum atomic E-state index is -3.04. The van der Waals surface area contributed by atoms with Crippen molar-refractivity contribution >= 4 is 22.8 Å². The second kappa shape index (κ2) is 9.00. The first-order chi connectivity index (χ1) is 15.7. The van der Waals surface area contributed by atoms with Crippen LogP contribution in [0.3, 0.4) is 0 Å². The molecule has 11 heteroatoms. The van der Waals surface area contributed by atoms with Crippen LogP contribution in [0.2, 0.25) is 0 Å². The molecule has 7 nitrogen and oxygen atoms in total. The Kier molecular flexibility index (Phi) is 6.12. The number of alkyl halides is 4. The molecule has 0 aliphatic rings. The van der Waals surface area contributed by atoms with Crippen LogP contribution >= 0.6 is 0 Å². The Morgan fingerprint density at radius 2 is 1.76 bits per heavy atom. The van der Waals surface area contributed by atoms with Crippen LogP contribution < -0.4 is 5.32 Å². The average molecular weight is 460 g/mol. The SMILES string of the molecule is Cc1ccc(Cn2ccc(NC(=O)Cn3nc(C)c4c(C(F)F)cc(C(F)F)nc43)n2)cc1. The first-order valence-electron chi connectivity index (χ1n) is 10.0. The average Bonchev–Trinajstić information content (AvgIpc) is 3.32. The number of rotatable bonds is 7. The Morgan fingerprint density at radius 3 is 2.42 bits per heavy atom. The summed E-state index contributed by atoms with van der Waals surface area (Å²) in [5.74, 6) is -0.266. The number of fused-ring (bicyclic) bond motifs is 1. The standard InChI is InChI=1S/C22H20F4N6O/c1-12-3-5-14(6-4-12)10-31-8-7-17(30-31)28-18(33)11-32-22-19(13(2)29-32)15(20(23)24)9-16(27-22)21(25)26/h3-9,20-21H,10-11H2,1-2H3,(H,28,30,33). The molecule has 0 aliphatic heterocycles. The Balaban J connectivity index is 1.52. The Morgan fingerprint density at radius 1 is 1.03 bits per heavy atom. The molecule has 33 heavy (non-hydrogen) atoms. The number of aromatic nitrogens is 5. The predicted octanol–water partition coefficient (Wildman–Crippen LogP) is 4.81. The summed E-state index contributed by atoms with van der Waals surface area (Å²) in [6.45, 7) is 3.56. The van der Waals surface area contributed by atoms with E-state index in [0.717, 1.165) is 15.8 Å². The molecule has 3 heterocycles. The first-order valence-corrected chi connectivity index (χ1v) is 10.0. The molecule has 0 bridgehead atoms. The summed E-state index contributed by atoms with van der Waals surface area (Å²) < 4.78 is 56.0. The number of carbonyl (C=O) groups is 1. The van der Waals surface area contributed by atoms with Crippen LogP contribution in [0.4, 0.5) is 23.4 Å². The quantitative estimate of drug-likeness (QED) is 0.402. The third-order valence-corrected chi connectivity index (χ3v) is 5.05. The number of amides is 1. The number of hydrogen-bond acceptors (Lipinski definition) is 4. The molecule has 4 rings (SSSR count). The van der Waals surface area contributed by atoms with Crippen molar-refractivity contribution in [2.24, 2.45) is 0 Å². The van der Waals surface area contributed by atoms with Gasteiger partial charge in [-0.15, -0.1) is 0 Å². The van der Waals surface area contributed by atoms with E-state index >= 15 is 0 Å². The van der Waals surface area contributed by atoms with Gasteiger partial charge in [-0.25, -0.2) is 27.2 Å². The van der Waals surface area contributed by atoms with E-state index in [1.165, 1.54) is 6.92 Å². The number of carbonyl (C=O) groups excluding carboxylic acids is 1. The Bertz CT molecular complexity index is 1300. The number of pyridine rings is 1. The van der Waals surface area contributed by atoms with Gasteiger partial charge in [0.1, 0.15) is 12.2 Å². The van der Waals surface area contributed by atoms with Gasteiger partial charge in [-0.05, 0) is 25.5 Å². The van der Waals surface area contributed by atoms with Crippen LogP contribution in [0.25, 0.3) is 11.0 Å². The lowest BCUT2D eigenvalue weighted by Crippen LogP contribution is -2.20. The molecule has 0 saturated carbocycles. The number of nitrogens with one attached hydrogen (secondary N) is 1. The second-order valence-corrected chi connectivity index (χ2v) is 7.61. The molecule has 3 aromatic heterocycles. The van der Waals surface area contributed by atoms with Gasteiger partial charge in [0.2, 0.25) is 5.91 Å². The van der Waals surface area contributed by atoms with Gasteiger partial charge >= 0.3 is 0 Å². The zero-order valence-corrected chi connectivity index (χ0v) is 17.8. The minimum Gasteiger partial charge on any atom is -0.308 e. The maximum absolute atomic E-state index is 13.5. The van der Waals surface area contributed by atoms with Gasteiger partial charge in [0.25, 0.3) is 12.9 Å². The van der Waals surface area contributed by atoms with Gasteiger partial charge in [0, 0.05) is 17.8 Å². The van der Waals surface area contributed by atoms with E-state index in [4.69, 9.17) is 0 Å². The third kappa shape index (κ3) is 4.86. The lowest BCUT2D eigenvalue weighted by molar-refractivity contribution is -0.116. The van der Waals surface area contributed by atoms with Gasteiger partial charge < -0.3 is 5.32 Å². The molecule has 1 aromatic carbocycles. The van der Waals surface area contributed by atoms with Gasteiger partial charge in [-0.2, -0.15) is 10.2 Å². The Hall–Kier alpha value is -3.76. The van der Waals surface area contributed by atoms with E-state index in [-0.39, 0.29) is 22.5 Å². The fraction of sp³-hybridized carbons (Fsp3) is 0.273. The van der Waals surface area contributed by atoms with Crippen molar-refractivity contribution in [3.05, 3.63) is 70.7 Å². The van der Waals surface area contributed by atoms with E-state index in [9.17, 15) is 22.4 Å². The molecule has 0 atom stereocenters. The van der Waals surface area contributed by atoms with Gasteiger partial charge in [-0.1, -0.05) is 29.8 Å². The second-order valence-electron chi connectivity index (χ2n) is 7.61. The summed E-state index contributed by atoms with van der Waals surface area (Å²) in [7, 11) is 0. The summed E-state index contributed by atoms with van der Waals surface area (Å²) in [6, 6.07) is 10.2. The topological polar surface area (TPSA) is 77.6 Å². The molecule has 0 radical (unpaired) electrons. The summed E-state index contributed by atoms with van der Waals surface area (Å²) in [4.78, 5) is 16.3. The zero-order chi connectivity index (χ0) is 23.7. The van der Waals surface area contributed by atoms with Crippen LogP contribution in [0.5, 0.6) is 0 Å². The monoisotopic (exact) mass is 460 g/mol. The molecular formula is C22H20F4N6O. The van der Waals surface area contributed by atoms with Crippen molar-refractivity contribution < 1.29 is 22.4 Å². The number of aryl methyl sites for hydroxylation is 2. The van der Waals surface area contributed by atoms with Crippen LogP contribution in [0, 0.1) is 13.8 Å². The molecule has 4 aromatic rings. The highest BCUT2D eigenvalue weighted by molar-refractivity contribution is 5.91. The van der Waals surface area contributed by atoms with Crippen LogP contribution in [-0.2, 0) is 17.9 Å². The van der Waals surface area contributed by atoms with E-state index < -0.39 is 36.6 Å². The van der Waals surface area contributed by atoms with Crippen molar-refractivity contribution in [3.8, 4) is 0 Å². The number of halogens is 4. The van der Waals surface area contributed by atoms with E-state index in [0.29, 0.717) is 12.6 Å². The molecule has 0 saturated heterocycles. The van der Waals surface area contributed by atoms with E-state index in [2.05, 4.69) is 20.5 Å². The Labute approximate surface area is 186 Å². The summed E-state index contributed by atoms with van der Waals surface area (Å²) in [5, 5.41) is 10.9. The summed E-state index contributed by atoms with van der Waals surface area (Å²) >= 11 is 0. The predicted molar refractivity (Wildman–Crippen MR) is 113 cm³/mol. The van der Waals surface area contributed by atoms with E-state index in [1.807, 2.05) is 31.2 Å². The lowest BCUT2D eigenvalue weighted by atomic mass is 10.1. The van der Waals surface area contributed by atoms with Crippen molar-refractivity contribution in [2.75, 3.05) is 5.32 Å².